The maximum Gasteiger partial charge on any atom is 0.255 e. The fraction of sp³-hybridized carbons (Fsp3) is 0.448. The minimum atomic E-state index is -1.09. The molecule has 1 aromatic carbocycles. The van der Waals surface area contributed by atoms with E-state index in [0.717, 1.165) is 6.42 Å². The lowest BCUT2D eigenvalue weighted by atomic mass is 10.1. The molecule has 0 bridgehead atoms. The third kappa shape index (κ3) is 5.53. The number of hydrogen-bond donors (Lipinski definition) is 2. The molecule has 1 amide bonds. The normalized spacial score (nSPS) is 21.2. The van der Waals surface area contributed by atoms with Crippen molar-refractivity contribution >= 4 is 51.6 Å². The second-order valence-corrected chi connectivity index (χ2v) is 11.0. The number of methoxy groups -OCH3 is 4. The quantitative estimate of drug-likeness (QED) is 0.245. The number of carbonyl (C=O) groups is 1. The van der Waals surface area contributed by atoms with Gasteiger partial charge in [-0.15, -0.1) is 0 Å². The predicted molar refractivity (Wildman–Crippen MR) is 164 cm³/mol. The van der Waals surface area contributed by atoms with Crippen molar-refractivity contribution in [3.63, 3.8) is 0 Å². The summed E-state index contributed by atoms with van der Waals surface area (Å²) in [5.74, 6) is 0.692. The minimum absolute atomic E-state index is 0.0179. The Bertz CT molecular complexity index is 1510. The Morgan fingerprint density at radius 1 is 1.09 bits per heavy atom. The van der Waals surface area contributed by atoms with Gasteiger partial charge in [-0.25, -0.2) is 15.0 Å². The summed E-state index contributed by atoms with van der Waals surface area (Å²) >= 11 is 13.5. The smallest absolute Gasteiger partial charge is 0.255 e. The zero-order valence-corrected chi connectivity index (χ0v) is 26.1. The lowest BCUT2D eigenvalue weighted by Gasteiger charge is -2.39. The fourth-order valence-corrected chi connectivity index (χ4v) is 6.32. The Hall–Kier alpha value is -3.42. The van der Waals surface area contributed by atoms with E-state index in [1.165, 1.54) is 20.3 Å². The first-order valence-electron chi connectivity index (χ1n) is 13.6. The SMILES string of the molecule is C=CC(=O)N[C@H]1COC[C@H]1Nc1cc2c(N3CCC(C)C3(OC)OC)nc(-c3c(Cl)c(OC)cc(OC)c3Cl)nc2cn1. The minimum Gasteiger partial charge on any atom is -0.495 e. The van der Waals surface area contributed by atoms with Crippen LogP contribution in [0, 0.1) is 5.92 Å². The van der Waals surface area contributed by atoms with E-state index in [1.54, 1.807) is 26.5 Å². The van der Waals surface area contributed by atoms with Crippen molar-refractivity contribution in [3.05, 3.63) is 41.0 Å². The van der Waals surface area contributed by atoms with Crippen LogP contribution in [0.3, 0.4) is 0 Å². The van der Waals surface area contributed by atoms with E-state index < -0.39 is 5.91 Å². The summed E-state index contributed by atoms with van der Waals surface area (Å²) in [6, 6.07) is 2.98. The van der Waals surface area contributed by atoms with Gasteiger partial charge in [0.25, 0.3) is 5.91 Å². The predicted octanol–water partition coefficient (Wildman–Crippen LogP) is 4.29. The topological polar surface area (TPSA) is 129 Å². The van der Waals surface area contributed by atoms with Crippen LogP contribution in [0.5, 0.6) is 11.5 Å². The lowest BCUT2D eigenvalue weighted by molar-refractivity contribution is -0.221. The van der Waals surface area contributed by atoms with Crippen LogP contribution in [0.1, 0.15) is 13.3 Å². The number of rotatable bonds is 10. The number of halogens is 2. The molecule has 5 rings (SSSR count). The highest BCUT2D eigenvalue weighted by Crippen LogP contribution is 2.47. The Morgan fingerprint density at radius 2 is 1.77 bits per heavy atom. The molecule has 2 saturated heterocycles. The van der Waals surface area contributed by atoms with Crippen LogP contribution in [-0.4, -0.2) is 87.1 Å². The molecule has 2 aliphatic rings. The van der Waals surface area contributed by atoms with Gasteiger partial charge in [-0.1, -0.05) is 36.7 Å². The molecular formula is C29H34Cl2N6O6. The molecule has 12 nitrogen and oxygen atoms in total. The number of carbonyl (C=O) groups excluding carboxylic acids is 1. The van der Waals surface area contributed by atoms with Crippen LogP contribution in [0.2, 0.25) is 10.0 Å². The van der Waals surface area contributed by atoms with Crippen molar-refractivity contribution < 1.29 is 28.5 Å². The fourth-order valence-electron chi connectivity index (χ4n) is 5.65. The number of ether oxygens (including phenoxy) is 5. The molecular weight excluding hydrogens is 599 g/mol. The molecule has 0 aliphatic carbocycles. The highest BCUT2D eigenvalue weighted by atomic mass is 35.5. The van der Waals surface area contributed by atoms with Crippen molar-refractivity contribution in [1.29, 1.82) is 0 Å². The van der Waals surface area contributed by atoms with Gasteiger partial charge in [-0.3, -0.25) is 4.79 Å². The molecule has 2 aliphatic heterocycles. The Morgan fingerprint density at radius 3 is 2.40 bits per heavy atom. The molecule has 2 N–H and O–H groups in total. The third-order valence-corrected chi connectivity index (χ3v) is 8.66. The van der Waals surface area contributed by atoms with Gasteiger partial charge in [0.05, 0.1) is 66.8 Å². The summed E-state index contributed by atoms with van der Waals surface area (Å²) in [4.78, 5) is 28.4. The largest absolute Gasteiger partial charge is 0.495 e. The average Bonchev–Trinajstić information content (AvgIpc) is 3.59. The summed E-state index contributed by atoms with van der Waals surface area (Å²) in [5.41, 5.74) is 0.876. The summed E-state index contributed by atoms with van der Waals surface area (Å²) in [5, 5.41) is 7.43. The molecule has 3 aromatic rings. The van der Waals surface area contributed by atoms with Crippen LogP contribution in [0.25, 0.3) is 22.3 Å². The molecule has 43 heavy (non-hydrogen) atoms. The van der Waals surface area contributed by atoms with Gasteiger partial charge in [-0.05, 0) is 18.6 Å². The van der Waals surface area contributed by atoms with Crippen molar-refractivity contribution in [2.45, 2.75) is 31.3 Å². The van der Waals surface area contributed by atoms with E-state index in [-0.39, 0.29) is 39.8 Å². The number of amides is 1. The van der Waals surface area contributed by atoms with E-state index in [4.69, 9.17) is 56.9 Å². The molecule has 4 heterocycles. The Balaban J connectivity index is 1.67. The highest BCUT2D eigenvalue weighted by molar-refractivity contribution is 6.41. The first kappa shape index (κ1) is 31.0. The number of aromatic nitrogens is 3. The lowest BCUT2D eigenvalue weighted by Crippen LogP contribution is -2.51. The van der Waals surface area contributed by atoms with E-state index in [0.29, 0.717) is 59.4 Å². The second-order valence-electron chi connectivity index (χ2n) is 10.2. The Kier molecular flexibility index (Phi) is 9.14. The molecule has 0 radical (unpaired) electrons. The van der Waals surface area contributed by atoms with Gasteiger partial charge >= 0.3 is 0 Å². The van der Waals surface area contributed by atoms with E-state index in [2.05, 4.69) is 29.1 Å². The standard InChI is InChI=1S/C29H34Cl2N6O6/c1-7-23(38)34-19-14-43-13-18(19)33-22-10-16-17(12-32-22)35-27(24-25(30)20(39-3)11-21(40-4)26(24)31)36-28(16)37-9-8-15(2)29(37,41-5)42-6/h7,10-12,15,18-19H,1,8-9,13-14H2,2-6H3,(H,32,33)(H,34,38)/t15?,18-,19+/m1/s1. The number of nitrogens with zero attached hydrogens (tertiary/aromatic N) is 4. The van der Waals surface area contributed by atoms with Crippen LogP contribution in [0.15, 0.2) is 31.0 Å². The monoisotopic (exact) mass is 632 g/mol. The summed E-state index contributed by atoms with van der Waals surface area (Å²) < 4.78 is 28.6. The zero-order chi connectivity index (χ0) is 30.9. The molecule has 0 saturated carbocycles. The average molecular weight is 634 g/mol. The van der Waals surface area contributed by atoms with Crippen molar-refractivity contribution in [2.75, 3.05) is 58.4 Å². The van der Waals surface area contributed by atoms with Crippen LogP contribution in [0.4, 0.5) is 11.6 Å². The van der Waals surface area contributed by atoms with Crippen molar-refractivity contribution in [3.8, 4) is 22.9 Å². The maximum atomic E-state index is 11.9. The van der Waals surface area contributed by atoms with E-state index >= 15 is 0 Å². The van der Waals surface area contributed by atoms with Crippen LogP contribution in [-0.2, 0) is 19.0 Å². The van der Waals surface area contributed by atoms with Crippen molar-refractivity contribution in [1.82, 2.24) is 20.3 Å². The van der Waals surface area contributed by atoms with Gasteiger partial charge in [0.1, 0.15) is 23.1 Å². The first-order valence-corrected chi connectivity index (χ1v) is 14.4. The molecule has 230 valence electrons. The summed E-state index contributed by atoms with van der Waals surface area (Å²) in [6.45, 7) is 6.93. The molecule has 1 unspecified atom stereocenters. The molecule has 14 heteroatoms. The van der Waals surface area contributed by atoms with Crippen LogP contribution < -0.4 is 25.0 Å². The first-order chi connectivity index (χ1) is 20.7. The molecule has 2 aromatic heterocycles. The highest BCUT2D eigenvalue weighted by Gasteiger charge is 2.49. The zero-order valence-electron chi connectivity index (χ0n) is 24.6. The summed E-state index contributed by atoms with van der Waals surface area (Å²) in [6.07, 6.45) is 3.66. The number of hydrogen-bond acceptors (Lipinski definition) is 11. The number of anilines is 2. The molecule has 0 spiro atoms. The van der Waals surface area contributed by atoms with Gasteiger partial charge in [0.15, 0.2) is 5.82 Å². The van der Waals surface area contributed by atoms with Crippen LogP contribution >= 0.6 is 23.2 Å². The Labute approximate surface area is 259 Å². The van der Waals surface area contributed by atoms with Gasteiger partial charge in [0.2, 0.25) is 5.91 Å². The van der Waals surface area contributed by atoms with Gasteiger partial charge in [-0.2, -0.15) is 0 Å². The van der Waals surface area contributed by atoms with E-state index in [1.807, 2.05) is 11.0 Å². The number of benzene rings is 1. The second kappa shape index (κ2) is 12.7. The molecule has 3 atom stereocenters. The number of nitrogens with one attached hydrogen (secondary N) is 2. The van der Waals surface area contributed by atoms with Crippen molar-refractivity contribution in [2.24, 2.45) is 5.92 Å². The van der Waals surface area contributed by atoms with Gasteiger partial charge in [0, 0.05) is 38.1 Å². The number of fused-ring (bicyclic) bond motifs is 1. The third-order valence-electron chi connectivity index (χ3n) is 7.91. The van der Waals surface area contributed by atoms with Gasteiger partial charge < -0.3 is 39.2 Å². The number of pyridine rings is 1. The summed E-state index contributed by atoms with van der Waals surface area (Å²) in [7, 11) is 6.22. The van der Waals surface area contributed by atoms with E-state index in [9.17, 15) is 4.79 Å². The maximum absolute atomic E-state index is 11.9. The molecule has 2 fully saturated rings.